The Hall–Kier alpha value is -1.45. The van der Waals surface area contributed by atoms with Crippen molar-refractivity contribution in [1.29, 1.82) is 0 Å². The van der Waals surface area contributed by atoms with E-state index in [1.807, 2.05) is 6.07 Å². The summed E-state index contributed by atoms with van der Waals surface area (Å²) < 4.78 is 28.5. The second kappa shape index (κ2) is 6.54. The molecule has 1 aromatic heterocycles. The number of aliphatic hydroxyl groups is 1. The van der Waals surface area contributed by atoms with Crippen LogP contribution in [0.25, 0.3) is 0 Å². The average molecular weight is 375 g/mol. The molecular formula is C12H15BrN4O3S. The lowest BCUT2D eigenvalue weighted by atomic mass is 10.1. The first kappa shape index (κ1) is 15.9. The van der Waals surface area contributed by atoms with Gasteiger partial charge in [0.1, 0.15) is 0 Å². The molecule has 0 fully saturated rings. The molecule has 0 unspecified atom stereocenters. The first-order valence-corrected chi connectivity index (χ1v) is 8.49. The molecule has 0 aliphatic carbocycles. The Bertz CT molecular complexity index is 710. The number of hydrogen-bond acceptors (Lipinski definition) is 5. The Morgan fingerprint density at radius 1 is 1.43 bits per heavy atom. The van der Waals surface area contributed by atoms with Crippen molar-refractivity contribution in [1.82, 2.24) is 15.0 Å². The van der Waals surface area contributed by atoms with E-state index in [1.165, 1.54) is 11.7 Å². The van der Waals surface area contributed by atoms with Gasteiger partial charge in [-0.25, -0.2) is 4.68 Å². The van der Waals surface area contributed by atoms with E-state index in [4.69, 9.17) is 5.11 Å². The number of rotatable bonds is 6. The highest BCUT2D eigenvalue weighted by Crippen LogP contribution is 2.22. The van der Waals surface area contributed by atoms with Crippen molar-refractivity contribution in [3.8, 4) is 0 Å². The number of aliphatic hydroxyl groups excluding tert-OH is 1. The van der Waals surface area contributed by atoms with Gasteiger partial charge < -0.3 is 5.11 Å². The van der Waals surface area contributed by atoms with E-state index in [0.717, 1.165) is 5.56 Å². The molecule has 0 aliphatic rings. The van der Waals surface area contributed by atoms with Gasteiger partial charge in [0, 0.05) is 19.3 Å². The largest absolute Gasteiger partial charge is 0.396 e. The Morgan fingerprint density at radius 2 is 2.19 bits per heavy atom. The van der Waals surface area contributed by atoms with E-state index in [-0.39, 0.29) is 16.2 Å². The molecule has 0 atom stereocenters. The lowest BCUT2D eigenvalue weighted by Gasteiger charge is -2.09. The van der Waals surface area contributed by atoms with Crippen molar-refractivity contribution < 1.29 is 13.5 Å². The van der Waals surface area contributed by atoms with E-state index in [9.17, 15) is 8.42 Å². The molecule has 7 nitrogen and oxygen atoms in total. The fraction of sp³-hybridized carbons (Fsp3) is 0.333. The number of benzene rings is 1. The summed E-state index contributed by atoms with van der Waals surface area (Å²) in [5.74, 6) is 0. The molecule has 0 saturated heterocycles. The fourth-order valence-electron chi connectivity index (χ4n) is 1.89. The fourth-order valence-corrected chi connectivity index (χ4v) is 4.03. The molecule has 21 heavy (non-hydrogen) atoms. The predicted molar refractivity (Wildman–Crippen MR) is 81.4 cm³/mol. The summed E-state index contributed by atoms with van der Waals surface area (Å²) in [7, 11) is -2.27. The zero-order valence-corrected chi connectivity index (χ0v) is 13.7. The van der Waals surface area contributed by atoms with Gasteiger partial charge in [-0.1, -0.05) is 17.3 Å². The van der Waals surface area contributed by atoms with Crippen LogP contribution in [-0.4, -0.2) is 35.1 Å². The van der Waals surface area contributed by atoms with Gasteiger partial charge in [0.2, 0.25) is 5.03 Å². The average Bonchev–Trinajstić information content (AvgIpc) is 2.76. The minimum atomic E-state index is -3.78. The van der Waals surface area contributed by atoms with Crippen LogP contribution in [0.2, 0.25) is 0 Å². The summed E-state index contributed by atoms with van der Waals surface area (Å²) in [6, 6.07) is 7.05. The Balaban J connectivity index is 2.25. The summed E-state index contributed by atoms with van der Waals surface area (Å²) >= 11 is 3.07. The highest BCUT2D eigenvalue weighted by Gasteiger charge is 2.23. The molecule has 0 amide bonds. The molecule has 1 heterocycles. The molecule has 0 bridgehead atoms. The summed E-state index contributed by atoms with van der Waals surface area (Å²) in [6.07, 6.45) is 1.32. The molecule has 114 valence electrons. The molecule has 0 saturated carbocycles. The van der Waals surface area contributed by atoms with Crippen LogP contribution in [0.15, 0.2) is 33.9 Å². The van der Waals surface area contributed by atoms with Crippen LogP contribution in [0.3, 0.4) is 0 Å². The number of nitrogens with zero attached hydrogens (tertiary/aromatic N) is 3. The van der Waals surface area contributed by atoms with Crippen LogP contribution >= 0.6 is 15.9 Å². The second-order valence-electron chi connectivity index (χ2n) is 4.44. The van der Waals surface area contributed by atoms with Gasteiger partial charge in [0.15, 0.2) is 4.60 Å². The third-order valence-electron chi connectivity index (χ3n) is 2.79. The SMILES string of the molecule is Cn1nnc(Br)c1S(=O)(=O)Nc1cccc(CCCO)c1. The number of nitrogens with one attached hydrogen (secondary N) is 1. The molecule has 1 aromatic carbocycles. The topological polar surface area (TPSA) is 97.1 Å². The minimum absolute atomic E-state index is 0.0386. The van der Waals surface area contributed by atoms with Crippen molar-refractivity contribution in [3.63, 3.8) is 0 Å². The number of sulfonamides is 1. The van der Waals surface area contributed by atoms with Gasteiger partial charge >= 0.3 is 0 Å². The maximum Gasteiger partial charge on any atom is 0.281 e. The van der Waals surface area contributed by atoms with E-state index in [1.54, 1.807) is 18.2 Å². The van der Waals surface area contributed by atoms with Gasteiger partial charge in [0.25, 0.3) is 10.0 Å². The van der Waals surface area contributed by atoms with Crippen LogP contribution in [0.4, 0.5) is 5.69 Å². The van der Waals surface area contributed by atoms with Crippen molar-refractivity contribution in [2.24, 2.45) is 7.05 Å². The summed E-state index contributed by atoms with van der Waals surface area (Å²) in [4.78, 5) is 0. The molecular weight excluding hydrogens is 360 g/mol. The zero-order chi connectivity index (χ0) is 15.5. The smallest absolute Gasteiger partial charge is 0.281 e. The van der Waals surface area contributed by atoms with Crippen molar-refractivity contribution in [2.45, 2.75) is 17.9 Å². The Morgan fingerprint density at radius 3 is 2.81 bits per heavy atom. The molecule has 0 aliphatic heterocycles. The quantitative estimate of drug-likeness (QED) is 0.794. The number of anilines is 1. The number of hydrogen-bond donors (Lipinski definition) is 2. The standard InChI is InChI=1S/C12H15BrN4O3S/c1-17-12(11(13)14-16-17)21(19,20)15-10-6-2-4-9(8-10)5-3-7-18/h2,4,6,8,15,18H,3,5,7H2,1H3. The van der Waals surface area contributed by atoms with Gasteiger partial charge in [-0.05, 0) is 46.5 Å². The number of halogens is 1. The summed E-state index contributed by atoms with van der Waals surface area (Å²) in [6.45, 7) is 0.101. The maximum atomic E-state index is 12.3. The van der Waals surface area contributed by atoms with Gasteiger partial charge in [-0.15, -0.1) is 5.10 Å². The third kappa shape index (κ3) is 3.80. The van der Waals surface area contributed by atoms with Crippen molar-refractivity contribution >= 4 is 31.6 Å². The number of aryl methyl sites for hydroxylation is 2. The predicted octanol–water partition coefficient (Wildman–Crippen LogP) is 1.30. The van der Waals surface area contributed by atoms with Gasteiger partial charge in [0.05, 0.1) is 0 Å². The first-order chi connectivity index (χ1) is 9.94. The molecule has 2 N–H and O–H groups in total. The normalized spacial score (nSPS) is 11.6. The molecule has 2 aromatic rings. The van der Waals surface area contributed by atoms with Crippen LogP contribution in [-0.2, 0) is 23.5 Å². The van der Waals surface area contributed by atoms with Crippen LogP contribution in [0, 0.1) is 0 Å². The Labute approximate surface area is 131 Å². The highest BCUT2D eigenvalue weighted by atomic mass is 79.9. The molecule has 0 spiro atoms. The molecule has 2 rings (SSSR count). The van der Waals surface area contributed by atoms with Crippen LogP contribution in [0.5, 0.6) is 0 Å². The third-order valence-corrected chi connectivity index (χ3v) is 5.06. The number of aromatic nitrogens is 3. The van der Waals surface area contributed by atoms with E-state index in [2.05, 4.69) is 31.0 Å². The van der Waals surface area contributed by atoms with E-state index >= 15 is 0 Å². The minimum Gasteiger partial charge on any atom is -0.396 e. The molecule has 9 heteroatoms. The van der Waals surface area contributed by atoms with Crippen molar-refractivity contribution in [3.05, 3.63) is 34.4 Å². The second-order valence-corrected chi connectivity index (χ2v) is 6.79. The monoisotopic (exact) mass is 374 g/mol. The zero-order valence-electron chi connectivity index (χ0n) is 11.3. The van der Waals surface area contributed by atoms with Crippen LogP contribution in [0.1, 0.15) is 12.0 Å². The first-order valence-electron chi connectivity index (χ1n) is 6.22. The van der Waals surface area contributed by atoms with Crippen LogP contribution < -0.4 is 4.72 Å². The van der Waals surface area contributed by atoms with Gasteiger partial charge in [-0.3, -0.25) is 4.72 Å². The van der Waals surface area contributed by atoms with E-state index < -0.39 is 10.0 Å². The van der Waals surface area contributed by atoms with Crippen molar-refractivity contribution in [2.75, 3.05) is 11.3 Å². The maximum absolute atomic E-state index is 12.3. The highest BCUT2D eigenvalue weighted by molar-refractivity contribution is 9.10. The lowest BCUT2D eigenvalue weighted by molar-refractivity contribution is 0.288. The van der Waals surface area contributed by atoms with Gasteiger partial charge in [-0.2, -0.15) is 8.42 Å². The summed E-state index contributed by atoms with van der Waals surface area (Å²) in [5.41, 5.74) is 1.41. The lowest BCUT2D eigenvalue weighted by Crippen LogP contribution is -2.17. The Kier molecular flexibility index (Phi) is 4.96. The summed E-state index contributed by atoms with van der Waals surface area (Å²) in [5, 5.41) is 16.1. The van der Waals surface area contributed by atoms with E-state index in [0.29, 0.717) is 18.5 Å². The molecule has 0 radical (unpaired) electrons.